The van der Waals surface area contributed by atoms with Gasteiger partial charge in [0.2, 0.25) is 0 Å². The fraction of sp³-hybridized carbons (Fsp3) is 0.562. The lowest BCUT2D eigenvalue weighted by Crippen LogP contribution is -2.50. The summed E-state index contributed by atoms with van der Waals surface area (Å²) < 4.78 is 18.2. The number of pyridine rings is 1. The maximum atomic E-state index is 12.9. The van der Waals surface area contributed by atoms with E-state index in [0.29, 0.717) is 13.0 Å². The minimum Gasteiger partial charge on any atom is -0.459 e. The number of nitrogens with two attached hydrogens (primary N) is 1. The van der Waals surface area contributed by atoms with Crippen LogP contribution in [0.2, 0.25) is 0 Å². The first-order valence-electron chi connectivity index (χ1n) is 7.83. The number of hydrazine groups is 1. The quantitative estimate of drug-likeness (QED) is 0.384. The highest BCUT2D eigenvalue weighted by atomic mass is 19.1. The van der Waals surface area contributed by atoms with Crippen molar-refractivity contribution in [2.24, 2.45) is 5.84 Å². The van der Waals surface area contributed by atoms with Gasteiger partial charge in [-0.25, -0.2) is 20.2 Å². The molecule has 1 amide bonds. The van der Waals surface area contributed by atoms with Gasteiger partial charge in [0.1, 0.15) is 17.2 Å². The molecule has 0 spiro atoms. The molecule has 0 aliphatic carbocycles. The van der Waals surface area contributed by atoms with E-state index in [0.717, 1.165) is 17.6 Å². The van der Waals surface area contributed by atoms with Crippen LogP contribution in [0.15, 0.2) is 18.3 Å². The monoisotopic (exact) mass is 338 g/mol. The van der Waals surface area contributed by atoms with Gasteiger partial charge in [-0.1, -0.05) is 0 Å². The van der Waals surface area contributed by atoms with E-state index in [9.17, 15) is 14.0 Å². The van der Waals surface area contributed by atoms with Gasteiger partial charge in [0.05, 0.1) is 18.8 Å². The number of likely N-dealkylation sites (tertiary alicyclic amines) is 1. The number of amides is 1. The summed E-state index contributed by atoms with van der Waals surface area (Å²) in [4.78, 5) is 30.1. The number of aromatic nitrogens is 1. The summed E-state index contributed by atoms with van der Waals surface area (Å²) in [6.45, 7) is 6.01. The van der Waals surface area contributed by atoms with Crippen molar-refractivity contribution < 1.29 is 18.7 Å². The summed E-state index contributed by atoms with van der Waals surface area (Å²) in [7, 11) is 0. The van der Waals surface area contributed by atoms with Gasteiger partial charge in [-0.2, -0.15) is 0 Å². The van der Waals surface area contributed by atoms with Gasteiger partial charge in [0, 0.05) is 0 Å². The van der Waals surface area contributed by atoms with Gasteiger partial charge in [-0.05, 0) is 52.3 Å². The van der Waals surface area contributed by atoms with E-state index in [1.165, 1.54) is 12.1 Å². The third-order valence-electron chi connectivity index (χ3n) is 3.60. The number of carbonyl (C=O) groups is 2. The van der Waals surface area contributed by atoms with Crippen LogP contribution in [0.5, 0.6) is 0 Å². The molecule has 1 atom stereocenters. The van der Waals surface area contributed by atoms with E-state index in [2.05, 4.69) is 4.98 Å². The van der Waals surface area contributed by atoms with Gasteiger partial charge in [0.15, 0.2) is 0 Å². The van der Waals surface area contributed by atoms with E-state index in [1.54, 1.807) is 25.7 Å². The highest BCUT2D eigenvalue weighted by Crippen LogP contribution is 2.21. The molecule has 0 saturated carbocycles. The number of esters is 1. The van der Waals surface area contributed by atoms with Crippen molar-refractivity contribution in [3.8, 4) is 0 Å². The molecular formula is C16H23FN4O3. The maximum Gasteiger partial charge on any atom is 0.320 e. The number of hydrogen-bond acceptors (Lipinski definition) is 6. The highest BCUT2D eigenvalue weighted by molar-refractivity contribution is 5.95. The van der Waals surface area contributed by atoms with Gasteiger partial charge >= 0.3 is 5.97 Å². The molecule has 2 heterocycles. The lowest BCUT2D eigenvalue weighted by atomic mass is 10.2. The van der Waals surface area contributed by atoms with Crippen LogP contribution >= 0.6 is 0 Å². The molecule has 1 aromatic rings. The van der Waals surface area contributed by atoms with Crippen LogP contribution in [-0.4, -0.2) is 46.5 Å². The molecule has 1 aliphatic heterocycles. The second-order valence-electron chi connectivity index (χ2n) is 6.76. The van der Waals surface area contributed by atoms with Gasteiger partial charge in [-0.3, -0.25) is 14.5 Å². The molecule has 7 nitrogen and oxygen atoms in total. The highest BCUT2D eigenvalue weighted by Gasteiger charge is 2.35. The Labute approximate surface area is 140 Å². The minimum absolute atomic E-state index is 0.0262. The SMILES string of the molecule is CC(C)(C)OC(=O)CN1CCCC1C(=O)N(N)c1ccc(F)cn1. The van der Waals surface area contributed by atoms with Crippen LogP contribution in [0.3, 0.4) is 0 Å². The lowest BCUT2D eigenvalue weighted by molar-refractivity contribution is -0.156. The summed E-state index contributed by atoms with van der Waals surface area (Å²) >= 11 is 0. The zero-order chi connectivity index (χ0) is 17.9. The second-order valence-corrected chi connectivity index (χ2v) is 6.76. The third-order valence-corrected chi connectivity index (χ3v) is 3.60. The molecule has 2 rings (SSSR count). The molecule has 1 saturated heterocycles. The Morgan fingerprint density at radius 2 is 2.17 bits per heavy atom. The fourth-order valence-electron chi connectivity index (χ4n) is 2.62. The number of halogens is 1. The predicted molar refractivity (Wildman–Crippen MR) is 86.3 cm³/mol. The zero-order valence-electron chi connectivity index (χ0n) is 14.2. The van der Waals surface area contributed by atoms with Gasteiger partial charge in [-0.15, -0.1) is 0 Å². The Kier molecular flexibility index (Phi) is 5.51. The predicted octanol–water partition coefficient (Wildman–Crippen LogP) is 1.23. The summed E-state index contributed by atoms with van der Waals surface area (Å²) in [5, 5.41) is 0.900. The Balaban J connectivity index is 2.02. The number of hydrogen-bond donors (Lipinski definition) is 1. The lowest BCUT2D eigenvalue weighted by Gasteiger charge is -2.27. The average Bonchev–Trinajstić information content (AvgIpc) is 2.92. The summed E-state index contributed by atoms with van der Waals surface area (Å²) in [6.07, 6.45) is 2.37. The maximum absolute atomic E-state index is 12.9. The molecule has 0 aromatic carbocycles. The zero-order valence-corrected chi connectivity index (χ0v) is 14.2. The Morgan fingerprint density at radius 3 is 2.75 bits per heavy atom. The Hall–Kier alpha value is -2.06. The first kappa shape index (κ1) is 18.3. The van der Waals surface area contributed by atoms with Crippen molar-refractivity contribution >= 4 is 17.7 Å². The standard InChI is InChI=1S/C16H23FN4O3/c1-16(2,3)24-14(22)10-20-8-4-5-12(20)15(23)21(18)13-7-6-11(17)9-19-13/h6-7,9,12H,4-5,8,10,18H2,1-3H3. The summed E-state index contributed by atoms with van der Waals surface area (Å²) in [5.74, 6) is 4.71. The van der Waals surface area contributed by atoms with E-state index in [4.69, 9.17) is 10.6 Å². The van der Waals surface area contributed by atoms with Crippen LogP contribution in [0, 0.1) is 5.82 Å². The van der Waals surface area contributed by atoms with Crippen LogP contribution in [0.1, 0.15) is 33.6 Å². The second kappa shape index (κ2) is 7.23. The molecule has 8 heteroatoms. The summed E-state index contributed by atoms with van der Waals surface area (Å²) in [5.41, 5.74) is -0.575. The van der Waals surface area contributed by atoms with E-state index in [-0.39, 0.29) is 24.2 Å². The molecule has 132 valence electrons. The molecule has 2 N–H and O–H groups in total. The Bertz CT molecular complexity index is 600. The molecule has 1 aromatic heterocycles. The topological polar surface area (TPSA) is 88.8 Å². The van der Waals surface area contributed by atoms with Crippen LogP contribution in [-0.2, 0) is 14.3 Å². The van der Waals surface area contributed by atoms with Crippen molar-refractivity contribution in [1.29, 1.82) is 0 Å². The molecule has 0 bridgehead atoms. The first-order valence-corrected chi connectivity index (χ1v) is 7.83. The largest absolute Gasteiger partial charge is 0.459 e. The number of anilines is 1. The Morgan fingerprint density at radius 1 is 1.46 bits per heavy atom. The van der Waals surface area contributed by atoms with E-state index in [1.807, 2.05) is 0 Å². The normalized spacial score (nSPS) is 18.5. The number of carbonyl (C=O) groups excluding carboxylic acids is 2. The molecule has 24 heavy (non-hydrogen) atoms. The van der Waals surface area contributed by atoms with Crippen molar-refractivity contribution in [2.45, 2.75) is 45.3 Å². The molecule has 1 aliphatic rings. The van der Waals surface area contributed by atoms with E-state index < -0.39 is 17.5 Å². The molecule has 0 radical (unpaired) electrons. The summed E-state index contributed by atoms with van der Waals surface area (Å²) in [6, 6.07) is 2.00. The van der Waals surface area contributed by atoms with Crippen molar-refractivity contribution in [3.63, 3.8) is 0 Å². The van der Waals surface area contributed by atoms with E-state index >= 15 is 0 Å². The van der Waals surface area contributed by atoms with Gasteiger partial charge in [0.25, 0.3) is 5.91 Å². The molecule has 1 unspecified atom stereocenters. The molecular weight excluding hydrogens is 315 g/mol. The number of rotatable bonds is 4. The first-order chi connectivity index (χ1) is 11.2. The fourth-order valence-corrected chi connectivity index (χ4v) is 2.62. The van der Waals surface area contributed by atoms with Gasteiger partial charge < -0.3 is 4.74 Å². The number of ether oxygens (including phenoxy) is 1. The van der Waals surface area contributed by atoms with Crippen LogP contribution in [0.4, 0.5) is 10.2 Å². The third kappa shape index (κ3) is 4.72. The van der Waals surface area contributed by atoms with Crippen molar-refractivity contribution in [3.05, 3.63) is 24.1 Å². The van der Waals surface area contributed by atoms with Crippen LogP contribution < -0.4 is 10.9 Å². The number of nitrogens with zero attached hydrogens (tertiary/aromatic N) is 3. The molecule has 1 fully saturated rings. The minimum atomic E-state index is -0.575. The van der Waals surface area contributed by atoms with Crippen LogP contribution in [0.25, 0.3) is 0 Å². The average molecular weight is 338 g/mol. The van der Waals surface area contributed by atoms with Crippen molar-refractivity contribution in [1.82, 2.24) is 9.88 Å². The smallest absolute Gasteiger partial charge is 0.320 e. The van der Waals surface area contributed by atoms with Crippen molar-refractivity contribution in [2.75, 3.05) is 18.1 Å².